The van der Waals surface area contributed by atoms with Crippen LogP contribution in [0.5, 0.6) is 0 Å². The highest BCUT2D eigenvalue weighted by atomic mass is 19.4. The molecule has 0 fully saturated rings. The van der Waals surface area contributed by atoms with Crippen molar-refractivity contribution in [1.82, 2.24) is 5.32 Å². The first-order valence-corrected chi connectivity index (χ1v) is 5.09. The number of alkyl halides is 3. The van der Waals surface area contributed by atoms with Gasteiger partial charge in [0, 0.05) is 18.6 Å². The third kappa shape index (κ3) is 4.42. The standard InChI is InChI=1S/C11H13F3N2O/c1-8-4-3-5-16(9(8)2)6-10(17)15-7-11(12,13)14/h3-5H,6-7H2,1-2H3/p+1. The molecule has 0 aromatic carbocycles. The second kappa shape index (κ2) is 5.16. The lowest BCUT2D eigenvalue weighted by molar-refractivity contribution is -0.690. The van der Waals surface area contributed by atoms with E-state index >= 15 is 0 Å². The number of pyridine rings is 1. The van der Waals surface area contributed by atoms with Gasteiger partial charge >= 0.3 is 6.18 Å². The Morgan fingerprint density at radius 2 is 2.06 bits per heavy atom. The molecule has 0 bridgehead atoms. The van der Waals surface area contributed by atoms with Crippen molar-refractivity contribution in [3.05, 3.63) is 29.6 Å². The number of aryl methyl sites for hydroxylation is 1. The average molecular weight is 247 g/mol. The van der Waals surface area contributed by atoms with Gasteiger partial charge in [0.25, 0.3) is 5.91 Å². The lowest BCUT2D eigenvalue weighted by Crippen LogP contribution is -2.46. The highest BCUT2D eigenvalue weighted by molar-refractivity contribution is 5.74. The summed E-state index contributed by atoms with van der Waals surface area (Å²) < 4.78 is 37.2. The number of hydrogen-bond acceptors (Lipinski definition) is 1. The van der Waals surface area contributed by atoms with E-state index in [1.54, 1.807) is 16.8 Å². The third-order valence-corrected chi connectivity index (χ3v) is 2.41. The summed E-state index contributed by atoms with van der Waals surface area (Å²) in [6.07, 6.45) is -2.71. The first-order chi connectivity index (χ1) is 7.79. The maximum absolute atomic E-state index is 11.9. The lowest BCUT2D eigenvalue weighted by atomic mass is 10.2. The van der Waals surface area contributed by atoms with E-state index in [9.17, 15) is 18.0 Å². The van der Waals surface area contributed by atoms with Gasteiger partial charge in [0.05, 0.1) is 0 Å². The molecule has 17 heavy (non-hydrogen) atoms. The number of carbonyl (C=O) groups is 1. The van der Waals surface area contributed by atoms with Gasteiger partial charge in [0.15, 0.2) is 11.9 Å². The minimum absolute atomic E-state index is 0.108. The van der Waals surface area contributed by atoms with Gasteiger partial charge in [-0.1, -0.05) is 0 Å². The second-order valence-corrected chi connectivity index (χ2v) is 3.80. The molecular weight excluding hydrogens is 233 g/mol. The van der Waals surface area contributed by atoms with Crippen LogP contribution in [0.2, 0.25) is 0 Å². The van der Waals surface area contributed by atoms with Crippen LogP contribution in [0, 0.1) is 13.8 Å². The second-order valence-electron chi connectivity index (χ2n) is 3.80. The summed E-state index contributed by atoms with van der Waals surface area (Å²) in [5.41, 5.74) is 1.84. The fourth-order valence-corrected chi connectivity index (χ4v) is 1.33. The van der Waals surface area contributed by atoms with Crippen molar-refractivity contribution in [1.29, 1.82) is 0 Å². The molecule has 1 rings (SSSR count). The zero-order chi connectivity index (χ0) is 13.1. The largest absolute Gasteiger partial charge is 0.405 e. The van der Waals surface area contributed by atoms with Crippen LogP contribution in [0.3, 0.4) is 0 Å². The number of amides is 1. The lowest BCUT2D eigenvalue weighted by Gasteiger charge is -2.07. The number of hydrogen-bond donors (Lipinski definition) is 1. The summed E-state index contributed by atoms with van der Waals surface area (Å²) in [6, 6.07) is 3.62. The Morgan fingerprint density at radius 1 is 1.41 bits per heavy atom. The Labute approximate surface area is 97.3 Å². The molecule has 0 unspecified atom stereocenters. The van der Waals surface area contributed by atoms with E-state index in [-0.39, 0.29) is 6.54 Å². The van der Waals surface area contributed by atoms with E-state index in [1.165, 1.54) is 0 Å². The molecule has 0 saturated carbocycles. The molecule has 0 radical (unpaired) electrons. The number of nitrogens with one attached hydrogen (secondary N) is 1. The first-order valence-electron chi connectivity index (χ1n) is 5.09. The molecule has 1 amide bonds. The zero-order valence-corrected chi connectivity index (χ0v) is 9.64. The van der Waals surface area contributed by atoms with Crippen LogP contribution < -0.4 is 9.88 Å². The molecule has 0 saturated heterocycles. The summed E-state index contributed by atoms with van der Waals surface area (Å²) in [5, 5.41) is 1.83. The molecule has 3 nitrogen and oxygen atoms in total. The predicted octanol–water partition coefficient (Wildman–Crippen LogP) is 1.27. The van der Waals surface area contributed by atoms with Crippen molar-refractivity contribution in [2.24, 2.45) is 0 Å². The summed E-state index contributed by atoms with van der Waals surface area (Å²) in [4.78, 5) is 11.3. The number of nitrogens with zero attached hydrogens (tertiary/aromatic N) is 1. The Kier molecular flexibility index (Phi) is 4.09. The highest BCUT2D eigenvalue weighted by Gasteiger charge is 2.28. The van der Waals surface area contributed by atoms with Gasteiger partial charge in [-0.3, -0.25) is 4.79 Å². The average Bonchev–Trinajstić information content (AvgIpc) is 2.21. The molecule has 1 heterocycles. The minimum Gasteiger partial charge on any atom is -0.341 e. The Hall–Kier alpha value is -1.59. The monoisotopic (exact) mass is 247 g/mol. The molecule has 0 atom stereocenters. The Morgan fingerprint density at radius 3 is 2.65 bits per heavy atom. The van der Waals surface area contributed by atoms with Gasteiger partial charge in [0.2, 0.25) is 6.54 Å². The SMILES string of the molecule is Cc1ccc[n+](CC(=O)NCC(F)(F)F)c1C. The van der Waals surface area contributed by atoms with Crippen molar-refractivity contribution in [3.8, 4) is 0 Å². The number of rotatable bonds is 3. The fourth-order valence-electron chi connectivity index (χ4n) is 1.33. The normalized spacial score (nSPS) is 11.4. The number of halogens is 3. The molecule has 1 N–H and O–H groups in total. The van der Waals surface area contributed by atoms with Crippen LogP contribution in [-0.2, 0) is 11.3 Å². The molecule has 6 heteroatoms. The first kappa shape index (κ1) is 13.5. The van der Waals surface area contributed by atoms with Crippen LogP contribution >= 0.6 is 0 Å². The molecule has 1 aromatic heterocycles. The Bertz CT molecular complexity index is 416. The summed E-state index contributed by atoms with van der Waals surface area (Å²) in [6.45, 7) is 2.28. The molecule has 0 aliphatic heterocycles. The molecule has 0 spiro atoms. The molecule has 0 aliphatic carbocycles. The van der Waals surface area contributed by atoms with Crippen molar-refractivity contribution in [2.45, 2.75) is 26.6 Å². The minimum atomic E-state index is -4.37. The quantitative estimate of drug-likeness (QED) is 0.802. The fraction of sp³-hybridized carbons (Fsp3) is 0.455. The van der Waals surface area contributed by atoms with Crippen molar-refractivity contribution >= 4 is 5.91 Å². The molecule has 94 valence electrons. The van der Waals surface area contributed by atoms with E-state index in [0.717, 1.165) is 11.3 Å². The number of carbonyl (C=O) groups excluding carboxylic acids is 1. The van der Waals surface area contributed by atoms with Crippen LogP contribution in [0.4, 0.5) is 13.2 Å². The summed E-state index contributed by atoms with van der Waals surface area (Å²) in [5.74, 6) is -0.652. The van der Waals surface area contributed by atoms with E-state index in [1.807, 2.05) is 25.2 Å². The van der Waals surface area contributed by atoms with Crippen LogP contribution in [0.15, 0.2) is 18.3 Å². The number of aromatic nitrogens is 1. The summed E-state index contributed by atoms with van der Waals surface area (Å²) in [7, 11) is 0. The van der Waals surface area contributed by atoms with E-state index in [2.05, 4.69) is 0 Å². The van der Waals surface area contributed by atoms with Crippen LogP contribution in [0.25, 0.3) is 0 Å². The van der Waals surface area contributed by atoms with Gasteiger partial charge < -0.3 is 5.32 Å². The maximum atomic E-state index is 11.9. The van der Waals surface area contributed by atoms with Crippen molar-refractivity contribution in [3.63, 3.8) is 0 Å². The smallest absolute Gasteiger partial charge is 0.341 e. The Balaban J connectivity index is 2.60. The molecule has 0 aliphatic rings. The maximum Gasteiger partial charge on any atom is 0.405 e. The summed E-state index contributed by atoms with van der Waals surface area (Å²) >= 11 is 0. The van der Waals surface area contributed by atoms with Crippen LogP contribution in [0.1, 0.15) is 11.3 Å². The van der Waals surface area contributed by atoms with Gasteiger partial charge in [-0.2, -0.15) is 17.7 Å². The highest BCUT2D eigenvalue weighted by Crippen LogP contribution is 2.11. The van der Waals surface area contributed by atoms with E-state index in [4.69, 9.17) is 0 Å². The van der Waals surface area contributed by atoms with Crippen molar-refractivity contribution < 1.29 is 22.5 Å². The van der Waals surface area contributed by atoms with Gasteiger partial charge in [-0.25, -0.2) is 0 Å². The third-order valence-electron chi connectivity index (χ3n) is 2.41. The van der Waals surface area contributed by atoms with Gasteiger partial charge in [0.1, 0.15) is 6.54 Å². The van der Waals surface area contributed by atoms with Gasteiger partial charge in [-0.15, -0.1) is 0 Å². The van der Waals surface area contributed by atoms with E-state index in [0.29, 0.717) is 0 Å². The predicted molar refractivity (Wildman–Crippen MR) is 55.2 cm³/mol. The van der Waals surface area contributed by atoms with Gasteiger partial charge in [-0.05, 0) is 13.0 Å². The molecule has 1 aromatic rings. The van der Waals surface area contributed by atoms with E-state index < -0.39 is 18.6 Å². The van der Waals surface area contributed by atoms with Crippen molar-refractivity contribution in [2.75, 3.05) is 6.54 Å². The van der Waals surface area contributed by atoms with Crippen LogP contribution in [-0.4, -0.2) is 18.6 Å². The topological polar surface area (TPSA) is 33.0 Å². The zero-order valence-electron chi connectivity index (χ0n) is 9.64. The molecular formula is C11H14F3N2O+.